The van der Waals surface area contributed by atoms with Crippen molar-refractivity contribution in [1.82, 2.24) is 14.7 Å². The van der Waals surface area contributed by atoms with E-state index in [0.717, 1.165) is 43.4 Å². The lowest BCUT2D eigenvalue weighted by atomic mass is 10.1. The molecule has 2 aromatic rings. The van der Waals surface area contributed by atoms with Crippen LogP contribution in [0.2, 0.25) is 0 Å². The molecule has 2 heterocycles. The molecule has 106 valence electrons. The van der Waals surface area contributed by atoms with Gasteiger partial charge in [0, 0.05) is 30.6 Å². The minimum Gasteiger partial charge on any atom is -0.303 e. The Kier molecular flexibility index (Phi) is 3.40. The Morgan fingerprint density at radius 2 is 2.15 bits per heavy atom. The highest BCUT2D eigenvalue weighted by molar-refractivity contribution is 5.81. The van der Waals surface area contributed by atoms with Crippen molar-refractivity contribution in [3.63, 3.8) is 0 Å². The quantitative estimate of drug-likeness (QED) is 0.637. The molecule has 0 amide bonds. The average Bonchev–Trinajstić information content (AvgIpc) is 2.90. The number of likely N-dealkylation sites (tertiary alicyclic amines) is 1. The molecule has 0 N–H and O–H groups in total. The lowest BCUT2D eigenvalue weighted by Crippen LogP contribution is -2.34. The summed E-state index contributed by atoms with van der Waals surface area (Å²) in [5.74, 6) is 0. The number of nitrogens with zero attached hydrogens (tertiary/aromatic N) is 4. The van der Waals surface area contributed by atoms with E-state index in [1.54, 1.807) is 18.3 Å². The fourth-order valence-corrected chi connectivity index (χ4v) is 2.93. The van der Waals surface area contributed by atoms with Crippen LogP contribution < -0.4 is 0 Å². The molecule has 0 spiro atoms. The molecule has 1 fully saturated rings. The van der Waals surface area contributed by atoms with Crippen LogP contribution in [-0.2, 0) is 0 Å². The van der Waals surface area contributed by atoms with Gasteiger partial charge >= 0.3 is 0 Å². The fourth-order valence-electron chi connectivity index (χ4n) is 2.93. The highest BCUT2D eigenvalue weighted by atomic mass is 16.6. The molecule has 3 rings (SSSR count). The molecule has 0 radical (unpaired) electrons. The van der Waals surface area contributed by atoms with Crippen molar-refractivity contribution in [3.8, 4) is 0 Å². The van der Waals surface area contributed by atoms with Gasteiger partial charge in [-0.05, 0) is 25.5 Å². The largest absolute Gasteiger partial charge is 0.303 e. The molecule has 0 bridgehead atoms. The van der Waals surface area contributed by atoms with Crippen LogP contribution in [0.4, 0.5) is 5.69 Å². The highest BCUT2D eigenvalue weighted by Crippen LogP contribution is 2.27. The zero-order valence-electron chi connectivity index (χ0n) is 11.5. The number of aromatic nitrogens is 2. The van der Waals surface area contributed by atoms with Crippen molar-refractivity contribution >= 4 is 16.6 Å². The molecule has 0 saturated carbocycles. The molecule has 0 aliphatic carbocycles. The maximum absolute atomic E-state index is 10.8. The van der Waals surface area contributed by atoms with Gasteiger partial charge in [0.15, 0.2) is 0 Å². The summed E-state index contributed by atoms with van der Waals surface area (Å²) < 4.78 is 2.03. The molecule has 1 aliphatic rings. The number of benzene rings is 1. The van der Waals surface area contributed by atoms with E-state index in [2.05, 4.69) is 16.9 Å². The van der Waals surface area contributed by atoms with Crippen molar-refractivity contribution in [3.05, 3.63) is 34.5 Å². The number of rotatable bonds is 3. The number of fused-ring (bicyclic) bond motifs is 1. The van der Waals surface area contributed by atoms with Gasteiger partial charge in [-0.2, -0.15) is 5.10 Å². The zero-order chi connectivity index (χ0) is 14.1. The third-order valence-corrected chi connectivity index (χ3v) is 4.14. The van der Waals surface area contributed by atoms with Crippen LogP contribution in [-0.4, -0.2) is 39.2 Å². The molecule has 1 aromatic carbocycles. The molecule has 20 heavy (non-hydrogen) atoms. The Balaban J connectivity index is 1.88. The minimum atomic E-state index is -0.365. The standard InChI is InChI=1S/C14H18N4O2/c1-2-16-7-5-12(6-8-16)17-14-4-3-13(18(19)20)9-11(14)10-15-17/h3-4,9-10,12H,2,5-8H2,1H3. The van der Waals surface area contributed by atoms with Crippen LogP contribution in [0.5, 0.6) is 0 Å². The molecule has 1 aromatic heterocycles. The predicted octanol–water partition coefficient (Wildman–Crippen LogP) is 2.60. The summed E-state index contributed by atoms with van der Waals surface area (Å²) in [7, 11) is 0. The van der Waals surface area contributed by atoms with Crippen molar-refractivity contribution < 1.29 is 4.92 Å². The Labute approximate surface area is 117 Å². The Bertz CT molecular complexity index is 629. The van der Waals surface area contributed by atoms with E-state index in [0.29, 0.717) is 6.04 Å². The van der Waals surface area contributed by atoms with Gasteiger partial charge in [0.25, 0.3) is 5.69 Å². The molecule has 0 atom stereocenters. The molecular formula is C14H18N4O2. The van der Waals surface area contributed by atoms with Gasteiger partial charge in [-0.1, -0.05) is 6.92 Å². The van der Waals surface area contributed by atoms with E-state index < -0.39 is 0 Å². The fraction of sp³-hybridized carbons (Fsp3) is 0.500. The molecule has 0 unspecified atom stereocenters. The van der Waals surface area contributed by atoms with Crippen LogP contribution in [0.3, 0.4) is 0 Å². The van der Waals surface area contributed by atoms with Crippen LogP contribution in [0, 0.1) is 10.1 Å². The van der Waals surface area contributed by atoms with Gasteiger partial charge in [-0.15, -0.1) is 0 Å². The first-order valence-electron chi connectivity index (χ1n) is 7.03. The maximum Gasteiger partial charge on any atom is 0.270 e. The second-order valence-electron chi connectivity index (χ2n) is 5.25. The smallest absolute Gasteiger partial charge is 0.270 e. The summed E-state index contributed by atoms with van der Waals surface area (Å²) >= 11 is 0. The molecule has 6 nitrogen and oxygen atoms in total. The number of nitro benzene ring substituents is 1. The van der Waals surface area contributed by atoms with Gasteiger partial charge in [0.1, 0.15) is 0 Å². The van der Waals surface area contributed by atoms with E-state index >= 15 is 0 Å². The van der Waals surface area contributed by atoms with Crippen molar-refractivity contribution in [2.45, 2.75) is 25.8 Å². The molecule has 6 heteroatoms. The van der Waals surface area contributed by atoms with Gasteiger partial charge in [0.05, 0.1) is 22.7 Å². The van der Waals surface area contributed by atoms with Crippen molar-refractivity contribution in [1.29, 1.82) is 0 Å². The number of piperidine rings is 1. The van der Waals surface area contributed by atoms with E-state index in [9.17, 15) is 10.1 Å². The van der Waals surface area contributed by atoms with Crippen molar-refractivity contribution in [2.24, 2.45) is 0 Å². The number of nitro groups is 1. The SMILES string of the molecule is CCN1CCC(n2ncc3cc([N+](=O)[O-])ccc32)CC1. The van der Waals surface area contributed by atoms with Gasteiger partial charge in [-0.25, -0.2) is 0 Å². The van der Waals surface area contributed by atoms with Crippen LogP contribution in [0.15, 0.2) is 24.4 Å². The van der Waals surface area contributed by atoms with E-state index in [1.165, 1.54) is 0 Å². The molecular weight excluding hydrogens is 256 g/mol. The van der Waals surface area contributed by atoms with Crippen molar-refractivity contribution in [2.75, 3.05) is 19.6 Å². The summed E-state index contributed by atoms with van der Waals surface area (Å²) in [5, 5.41) is 16.1. The van der Waals surface area contributed by atoms with Crippen LogP contribution in [0.25, 0.3) is 10.9 Å². The lowest BCUT2D eigenvalue weighted by Gasteiger charge is -2.31. The first-order chi connectivity index (χ1) is 9.69. The molecule has 1 aliphatic heterocycles. The molecule has 1 saturated heterocycles. The topological polar surface area (TPSA) is 64.2 Å². The summed E-state index contributed by atoms with van der Waals surface area (Å²) in [6, 6.07) is 5.37. The van der Waals surface area contributed by atoms with E-state index in [1.807, 2.05) is 10.7 Å². The lowest BCUT2D eigenvalue weighted by molar-refractivity contribution is -0.384. The van der Waals surface area contributed by atoms with Crippen LogP contribution in [0.1, 0.15) is 25.8 Å². The minimum absolute atomic E-state index is 0.123. The predicted molar refractivity (Wildman–Crippen MR) is 76.8 cm³/mol. The Hall–Kier alpha value is -1.95. The van der Waals surface area contributed by atoms with Gasteiger partial charge in [0.2, 0.25) is 0 Å². The summed E-state index contributed by atoms with van der Waals surface area (Å²) in [5.41, 5.74) is 1.11. The van der Waals surface area contributed by atoms with Gasteiger partial charge < -0.3 is 4.90 Å². The first-order valence-corrected chi connectivity index (χ1v) is 7.03. The summed E-state index contributed by atoms with van der Waals surface area (Å²) in [4.78, 5) is 12.9. The highest BCUT2D eigenvalue weighted by Gasteiger charge is 2.21. The second kappa shape index (κ2) is 5.20. The maximum atomic E-state index is 10.8. The average molecular weight is 274 g/mol. The number of non-ortho nitro benzene ring substituents is 1. The van der Waals surface area contributed by atoms with E-state index in [-0.39, 0.29) is 10.6 Å². The summed E-state index contributed by atoms with van der Waals surface area (Å²) in [6.07, 6.45) is 3.90. The van der Waals surface area contributed by atoms with E-state index in [4.69, 9.17) is 0 Å². The normalized spacial score (nSPS) is 17.6. The third kappa shape index (κ3) is 2.27. The number of hydrogen-bond donors (Lipinski definition) is 0. The zero-order valence-corrected chi connectivity index (χ0v) is 11.5. The first kappa shape index (κ1) is 13.1. The number of hydrogen-bond acceptors (Lipinski definition) is 4. The monoisotopic (exact) mass is 274 g/mol. The van der Waals surface area contributed by atoms with Gasteiger partial charge in [-0.3, -0.25) is 14.8 Å². The Morgan fingerprint density at radius 3 is 2.80 bits per heavy atom. The summed E-state index contributed by atoms with van der Waals surface area (Å²) in [6.45, 7) is 5.46. The third-order valence-electron chi connectivity index (χ3n) is 4.14. The van der Waals surface area contributed by atoms with Crippen LogP contribution >= 0.6 is 0 Å². The Morgan fingerprint density at radius 1 is 1.40 bits per heavy atom. The second-order valence-corrected chi connectivity index (χ2v) is 5.25.